The van der Waals surface area contributed by atoms with Gasteiger partial charge >= 0.3 is 0 Å². The zero-order chi connectivity index (χ0) is 22.0. The largest absolute Gasteiger partial charge is 0.348 e. The highest BCUT2D eigenvalue weighted by atomic mass is 19.1. The fraction of sp³-hybridized carbons (Fsp3) is 0.320. The van der Waals surface area contributed by atoms with Gasteiger partial charge < -0.3 is 9.47 Å². The second kappa shape index (κ2) is 9.09. The lowest BCUT2D eigenvalue weighted by atomic mass is 9.98. The first kappa shape index (κ1) is 21.4. The van der Waals surface area contributed by atoms with Crippen LogP contribution in [-0.4, -0.2) is 13.2 Å². The first-order valence-corrected chi connectivity index (χ1v) is 10.3. The van der Waals surface area contributed by atoms with Gasteiger partial charge in [0.15, 0.2) is 6.29 Å². The van der Waals surface area contributed by atoms with E-state index in [0.29, 0.717) is 35.6 Å². The Morgan fingerprint density at radius 3 is 2.32 bits per heavy atom. The summed E-state index contributed by atoms with van der Waals surface area (Å²) in [6.07, 6.45) is 1.08. The van der Waals surface area contributed by atoms with Crippen molar-refractivity contribution in [3.05, 3.63) is 82.2 Å². The van der Waals surface area contributed by atoms with Gasteiger partial charge in [0, 0.05) is 16.9 Å². The lowest BCUT2D eigenvalue weighted by Crippen LogP contribution is -2.26. The molecule has 0 amide bonds. The van der Waals surface area contributed by atoms with Crippen LogP contribution in [0, 0.1) is 34.7 Å². The van der Waals surface area contributed by atoms with Crippen LogP contribution in [0.1, 0.15) is 41.9 Å². The van der Waals surface area contributed by atoms with Crippen LogP contribution in [0.5, 0.6) is 0 Å². The molecule has 3 aromatic carbocycles. The van der Waals surface area contributed by atoms with Crippen LogP contribution in [0.4, 0.5) is 13.2 Å². The maximum absolute atomic E-state index is 15.1. The van der Waals surface area contributed by atoms with Gasteiger partial charge in [0.1, 0.15) is 29.1 Å². The van der Waals surface area contributed by atoms with Gasteiger partial charge in [-0.1, -0.05) is 31.2 Å². The smallest absolute Gasteiger partial charge is 0.183 e. The number of aryl methyl sites for hydroxylation is 2. The van der Waals surface area contributed by atoms with Crippen LogP contribution in [-0.2, 0) is 22.3 Å². The molecule has 0 bridgehead atoms. The van der Waals surface area contributed by atoms with Crippen molar-refractivity contribution in [3.8, 4) is 6.07 Å². The highest BCUT2D eigenvalue weighted by Gasteiger charge is 2.23. The molecule has 31 heavy (non-hydrogen) atoms. The Kier molecular flexibility index (Phi) is 6.26. The molecule has 0 N–H and O–H groups in total. The zero-order valence-corrected chi connectivity index (χ0v) is 17.1. The minimum Gasteiger partial charge on any atom is -0.348 e. The van der Waals surface area contributed by atoms with Crippen molar-refractivity contribution >= 4 is 10.8 Å². The molecule has 3 nitrogen and oxygen atoms in total. The van der Waals surface area contributed by atoms with Gasteiger partial charge in [-0.05, 0) is 54.0 Å². The quantitative estimate of drug-likeness (QED) is 0.505. The van der Waals surface area contributed by atoms with Crippen molar-refractivity contribution < 1.29 is 22.6 Å². The maximum Gasteiger partial charge on any atom is 0.183 e. The number of hydrogen-bond acceptors (Lipinski definition) is 3. The van der Waals surface area contributed by atoms with E-state index in [9.17, 15) is 8.78 Å². The van der Waals surface area contributed by atoms with E-state index in [1.54, 1.807) is 18.2 Å². The molecule has 0 aliphatic carbocycles. The standard InChI is InChI=1S/C25H22F3NO2/c1-2-15-13-30-25(31-14-15)19-7-8-20-18(11-19)6-5-17(24(20)28)4-3-16-9-22(26)21(12-29)23(27)10-16/h5-11,15,25H,2-4,13-14H2,1H3. The molecule has 0 atom stereocenters. The lowest BCUT2D eigenvalue weighted by molar-refractivity contribution is -0.205. The molecule has 1 heterocycles. The van der Waals surface area contributed by atoms with Crippen molar-refractivity contribution in [2.45, 2.75) is 32.5 Å². The maximum atomic E-state index is 15.1. The van der Waals surface area contributed by atoms with Gasteiger partial charge in [0.05, 0.1) is 13.2 Å². The predicted octanol–water partition coefficient (Wildman–Crippen LogP) is 5.99. The van der Waals surface area contributed by atoms with Crippen LogP contribution >= 0.6 is 0 Å². The number of rotatable bonds is 5. The highest BCUT2D eigenvalue weighted by molar-refractivity contribution is 5.84. The molecule has 0 saturated carbocycles. The predicted molar refractivity (Wildman–Crippen MR) is 111 cm³/mol. The number of nitrogens with zero attached hydrogens (tertiary/aromatic N) is 1. The monoisotopic (exact) mass is 425 g/mol. The molecule has 1 aliphatic rings. The minimum absolute atomic E-state index is 0.252. The lowest BCUT2D eigenvalue weighted by Gasteiger charge is -2.29. The summed E-state index contributed by atoms with van der Waals surface area (Å²) in [7, 11) is 0. The van der Waals surface area contributed by atoms with Crippen molar-refractivity contribution in [1.29, 1.82) is 5.26 Å². The van der Waals surface area contributed by atoms with Crippen molar-refractivity contribution in [2.24, 2.45) is 5.92 Å². The minimum atomic E-state index is -0.901. The number of nitriles is 1. The molecule has 1 fully saturated rings. The molecular formula is C25H22F3NO2. The average molecular weight is 425 g/mol. The molecule has 3 aromatic rings. The van der Waals surface area contributed by atoms with E-state index in [4.69, 9.17) is 14.7 Å². The van der Waals surface area contributed by atoms with Crippen molar-refractivity contribution in [3.63, 3.8) is 0 Å². The summed E-state index contributed by atoms with van der Waals surface area (Å²) in [6, 6.07) is 12.6. The van der Waals surface area contributed by atoms with Gasteiger partial charge in [-0.2, -0.15) is 5.26 Å². The Bertz CT molecular complexity index is 1120. The summed E-state index contributed by atoms with van der Waals surface area (Å²) in [4.78, 5) is 0. The molecule has 160 valence electrons. The molecule has 1 saturated heterocycles. The summed E-state index contributed by atoms with van der Waals surface area (Å²) >= 11 is 0. The van der Waals surface area contributed by atoms with E-state index in [1.165, 1.54) is 6.07 Å². The van der Waals surface area contributed by atoms with Crippen molar-refractivity contribution in [2.75, 3.05) is 13.2 Å². The van der Waals surface area contributed by atoms with E-state index in [1.807, 2.05) is 12.1 Å². The summed E-state index contributed by atoms with van der Waals surface area (Å²) in [5, 5.41) is 9.97. The molecule has 4 rings (SSSR count). The molecular weight excluding hydrogens is 403 g/mol. The number of fused-ring (bicyclic) bond motifs is 1. The third-order valence-electron chi connectivity index (χ3n) is 5.77. The molecule has 0 unspecified atom stereocenters. The van der Waals surface area contributed by atoms with Gasteiger partial charge in [0.25, 0.3) is 0 Å². The van der Waals surface area contributed by atoms with Gasteiger partial charge in [-0.15, -0.1) is 0 Å². The first-order valence-electron chi connectivity index (χ1n) is 10.3. The molecule has 0 spiro atoms. The molecule has 1 aliphatic heterocycles. The van der Waals surface area contributed by atoms with Crippen LogP contribution < -0.4 is 0 Å². The van der Waals surface area contributed by atoms with Gasteiger partial charge in [-0.3, -0.25) is 0 Å². The van der Waals surface area contributed by atoms with E-state index < -0.39 is 23.5 Å². The van der Waals surface area contributed by atoms with Gasteiger partial charge in [-0.25, -0.2) is 13.2 Å². The molecule has 0 radical (unpaired) electrons. The zero-order valence-electron chi connectivity index (χ0n) is 17.1. The Balaban J connectivity index is 1.51. The number of halogens is 3. The van der Waals surface area contributed by atoms with E-state index in [0.717, 1.165) is 29.5 Å². The normalized spacial score (nSPS) is 18.8. The molecule has 6 heteroatoms. The SMILES string of the molecule is CCC1COC(c2ccc3c(F)c(CCc4cc(F)c(C#N)c(F)c4)ccc3c2)OC1. The fourth-order valence-electron chi connectivity index (χ4n) is 3.82. The topological polar surface area (TPSA) is 42.2 Å². The van der Waals surface area contributed by atoms with Crippen LogP contribution in [0.15, 0.2) is 42.5 Å². The fourth-order valence-corrected chi connectivity index (χ4v) is 3.82. The highest BCUT2D eigenvalue weighted by Crippen LogP contribution is 2.30. The van der Waals surface area contributed by atoms with Crippen LogP contribution in [0.2, 0.25) is 0 Å². The average Bonchev–Trinajstić information content (AvgIpc) is 2.78. The Morgan fingerprint density at radius 1 is 0.968 bits per heavy atom. The van der Waals surface area contributed by atoms with Crippen LogP contribution in [0.3, 0.4) is 0 Å². The van der Waals surface area contributed by atoms with Crippen molar-refractivity contribution in [1.82, 2.24) is 0 Å². The van der Waals surface area contributed by atoms with E-state index >= 15 is 4.39 Å². The first-order chi connectivity index (χ1) is 15.0. The second-order valence-electron chi connectivity index (χ2n) is 7.84. The summed E-state index contributed by atoms with van der Waals surface area (Å²) in [5.74, 6) is -1.76. The summed E-state index contributed by atoms with van der Waals surface area (Å²) in [6.45, 7) is 3.38. The Labute approximate surface area is 179 Å². The summed E-state index contributed by atoms with van der Waals surface area (Å²) in [5.41, 5.74) is 1.08. The third-order valence-corrected chi connectivity index (χ3v) is 5.77. The number of benzene rings is 3. The third kappa shape index (κ3) is 4.43. The Morgan fingerprint density at radius 2 is 1.68 bits per heavy atom. The second-order valence-corrected chi connectivity index (χ2v) is 7.84. The summed E-state index contributed by atoms with van der Waals surface area (Å²) < 4.78 is 54.3. The van der Waals surface area contributed by atoms with E-state index in [-0.39, 0.29) is 18.7 Å². The molecule has 0 aromatic heterocycles. The number of ether oxygens (including phenoxy) is 2. The van der Waals surface area contributed by atoms with E-state index in [2.05, 4.69) is 6.92 Å². The Hall–Kier alpha value is -2.88. The number of hydrogen-bond donors (Lipinski definition) is 0. The van der Waals surface area contributed by atoms with Crippen LogP contribution in [0.25, 0.3) is 10.8 Å². The van der Waals surface area contributed by atoms with Gasteiger partial charge in [0.2, 0.25) is 0 Å².